The first-order valence-electron chi connectivity index (χ1n) is 7.01. The fraction of sp³-hybridized carbons (Fsp3) is 0.333. The fourth-order valence-electron chi connectivity index (χ4n) is 2.66. The maximum absolute atomic E-state index is 10.1. The van der Waals surface area contributed by atoms with E-state index < -0.39 is 0 Å². The fourth-order valence-corrected chi connectivity index (χ4v) is 3.15. The van der Waals surface area contributed by atoms with Gasteiger partial charge in [-0.25, -0.2) is 9.97 Å². The van der Waals surface area contributed by atoms with Gasteiger partial charge in [-0.1, -0.05) is 23.2 Å². The summed E-state index contributed by atoms with van der Waals surface area (Å²) < 4.78 is 0. The van der Waals surface area contributed by atoms with Crippen molar-refractivity contribution in [1.29, 1.82) is 0 Å². The summed E-state index contributed by atoms with van der Waals surface area (Å²) in [5, 5.41) is 14.2. The molecular formula is C15H16Cl2N4O. The minimum absolute atomic E-state index is 0.0496. The Bertz CT molecular complexity index is 695. The Morgan fingerprint density at radius 3 is 2.82 bits per heavy atom. The molecule has 1 saturated heterocycles. The molecule has 0 unspecified atom stereocenters. The number of nitrogens with one attached hydrogen (secondary N) is 1. The van der Waals surface area contributed by atoms with Crippen LogP contribution >= 0.6 is 23.2 Å². The third-order valence-corrected chi connectivity index (χ3v) is 4.47. The van der Waals surface area contributed by atoms with Crippen molar-refractivity contribution in [2.45, 2.75) is 12.5 Å². The van der Waals surface area contributed by atoms with Crippen molar-refractivity contribution >= 4 is 29.0 Å². The van der Waals surface area contributed by atoms with Gasteiger partial charge in [0.05, 0.1) is 5.69 Å². The molecule has 22 heavy (non-hydrogen) atoms. The minimum Gasteiger partial charge on any atom is -0.507 e. The number of aromatic nitrogens is 2. The Balaban J connectivity index is 1.99. The lowest BCUT2D eigenvalue weighted by Crippen LogP contribution is -2.30. The first-order valence-corrected chi connectivity index (χ1v) is 7.77. The van der Waals surface area contributed by atoms with Gasteiger partial charge in [-0.05, 0) is 31.7 Å². The highest BCUT2D eigenvalue weighted by Crippen LogP contribution is 2.38. The second kappa shape index (κ2) is 6.28. The van der Waals surface area contributed by atoms with Crippen molar-refractivity contribution in [3.63, 3.8) is 0 Å². The monoisotopic (exact) mass is 338 g/mol. The summed E-state index contributed by atoms with van der Waals surface area (Å²) in [6.07, 6.45) is 2.51. The average Bonchev–Trinajstić information content (AvgIpc) is 2.97. The number of anilines is 1. The molecule has 2 heterocycles. The van der Waals surface area contributed by atoms with Crippen molar-refractivity contribution in [3.8, 4) is 17.0 Å². The molecule has 7 heteroatoms. The maximum Gasteiger partial charge on any atom is 0.151 e. The Hall–Kier alpha value is -1.56. The lowest BCUT2D eigenvalue weighted by Gasteiger charge is -2.19. The summed E-state index contributed by atoms with van der Waals surface area (Å²) in [6, 6.07) is 5.30. The topological polar surface area (TPSA) is 61.3 Å². The Morgan fingerprint density at radius 2 is 2.14 bits per heavy atom. The normalized spacial score (nSPS) is 18.0. The van der Waals surface area contributed by atoms with Crippen molar-refractivity contribution in [1.82, 2.24) is 15.3 Å². The lowest BCUT2D eigenvalue weighted by atomic mass is 10.1. The van der Waals surface area contributed by atoms with E-state index in [2.05, 4.69) is 20.2 Å². The van der Waals surface area contributed by atoms with E-state index in [9.17, 15) is 5.11 Å². The lowest BCUT2D eigenvalue weighted by molar-refractivity contribution is 0.477. The molecule has 0 saturated carbocycles. The van der Waals surface area contributed by atoms with Crippen LogP contribution in [0.3, 0.4) is 0 Å². The number of phenols is 1. The van der Waals surface area contributed by atoms with Crippen LogP contribution in [0.25, 0.3) is 11.3 Å². The number of halogens is 2. The molecule has 2 N–H and O–H groups in total. The van der Waals surface area contributed by atoms with Gasteiger partial charge >= 0.3 is 0 Å². The summed E-state index contributed by atoms with van der Waals surface area (Å²) in [4.78, 5) is 10.7. The predicted octanol–water partition coefficient (Wildman–Crippen LogP) is 2.95. The molecule has 1 fully saturated rings. The van der Waals surface area contributed by atoms with Crippen LogP contribution < -0.4 is 10.2 Å². The van der Waals surface area contributed by atoms with Gasteiger partial charge in [0.15, 0.2) is 5.82 Å². The minimum atomic E-state index is 0.0496. The molecule has 1 aliphatic rings. The molecule has 2 aromatic rings. The summed E-state index contributed by atoms with van der Waals surface area (Å²) in [5.41, 5.74) is 1.05. The molecule has 1 aliphatic heterocycles. The van der Waals surface area contributed by atoms with E-state index in [-0.39, 0.29) is 5.75 Å². The van der Waals surface area contributed by atoms with Crippen LogP contribution in [-0.2, 0) is 0 Å². The number of phenolic OH excluding ortho intramolecular Hbond substituents is 1. The number of hydrogen-bond donors (Lipinski definition) is 2. The van der Waals surface area contributed by atoms with Gasteiger partial charge in [-0.3, -0.25) is 0 Å². The molecule has 0 spiro atoms. The predicted molar refractivity (Wildman–Crippen MR) is 88.8 cm³/mol. The number of rotatable bonds is 3. The molecule has 0 bridgehead atoms. The van der Waals surface area contributed by atoms with Gasteiger partial charge in [-0.15, -0.1) is 0 Å². The van der Waals surface area contributed by atoms with Crippen LogP contribution in [0.2, 0.25) is 10.0 Å². The zero-order valence-electron chi connectivity index (χ0n) is 12.1. The van der Waals surface area contributed by atoms with Crippen LogP contribution in [0.15, 0.2) is 24.5 Å². The van der Waals surface area contributed by atoms with Crippen molar-refractivity contribution in [3.05, 3.63) is 34.6 Å². The van der Waals surface area contributed by atoms with E-state index in [0.29, 0.717) is 33.2 Å². The summed E-state index contributed by atoms with van der Waals surface area (Å²) in [6.45, 7) is 1.73. The van der Waals surface area contributed by atoms with Crippen molar-refractivity contribution in [2.24, 2.45) is 0 Å². The Kier molecular flexibility index (Phi) is 4.38. The van der Waals surface area contributed by atoms with E-state index >= 15 is 0 Å². The van der Waals surface area contributed by atoms with Crippen molar-refractivity contribution in [2.75, 3.05) is 25.0 Å². The van der Waals surface area contributed by atoms with Crippen LogP contribution in [0.4, 0.5) is 5.82 Å². The van der Waals surface area contributed by atoms with Gasteiger partial charge in [0.25, 0.3) is 0 Å². The van der Waals surface area contributed by atoms with Gasteiger partial charge in [0.2, 0.25) is 0 Å². The highest BCUT2D eigenvalue weighted by Gasteiger charge is 2.25. The smallest absolute Gasteiger partial charge is 0.151 e. The van der Waals surface area contributed by atoms with Crippen LogP contribution in [0, 0.1) is 0 Å². The summed E-state index contributed by atoms with van der Waals surface area (Å²) in [7, 11) is 1.95. The molecule has 0 radical (unpaired) electrons. The maximum atomic E-state index is 10.1. The number of likely N-dealkylation sites (N-methyl/N-ethyl adjacent to an activating group) is 1. The van der Waals surface area contributed by atoms with Crippen LogP contribution in [0.1, 0.15) is 6.42 Å². The quantitative estimate of drug-likeness (QED) is 0.900. The third-order valence-electron chi connectivity index (χ3n) is 3.88. The van der Waals surface area contributed by atoms with Gasteiger partial charge < -0.3 is 15.3 Å². The molecule has 5 nitrogen and oxygen atoms in total. The number of hydrogen-bond acceptors (Lipinski definition) is 5. The summed E-state index contributed by atoms with van der Waals surface area (Å²) >= 11 is 12.4. The molecule has 1 atom stereocenters. The molecule has 0 aliphatic carbocycles. The SMILES string of the molecule is CN[C@@H]1CCN(c2ncnc(-c3ccc(Cl)cc3O)c2Cl)C1. The van der Waals surface area contributed by atoms with Gasteiger partial charge in [-0.2, -0.15) is 0 Å². The van der Waals surface area contributed by atoms with E-state index in [1.807, 2.05) is 7.05 Å². The second-order valence-corrected chi connectivity index (χ2v) is 6.06. The third kappa shape index (κ3) is 2.84. The first kappa shape index (κ1) is 15.3. The highest BCUT2D eigenvalue weighted by molar-refractivity contribution is 6.35. The zero-order chi connectivity index (χ0) is 15.7. The first-order chi connectivity index (χ1) is 10.6. The van der Waals surface area contributed by atoms with E-state index in [0.717, 1.165) is 19.5 Å². The second-order valence-electron chi connectivity index (χ2n) is 5.24. The van der Waals surface area contributed by atoms with E-state index in [4.69, 9.17) is 23.2 Å². The van der Waals surface area contributed by atoms with Gasteiger partial charge in [0.1, 0.15) is 17.1 Å². The molecule has 3 rings (SSSR count). The zero-order valence-corrected chi connectivity index (χ0v) is 13.6. The molecule has 1 aromatic heterocycles. The van der Waals surface area contributed by atoms with E-state index in [1.165, 1.54) is 12.4 Å². The van der Waals surface area contributed by atoms with Gasteiger partial charge in [0, 0.05) is 29.7 Å². The largest absolute Gasteiger partial charge is 0.507 e. The standard InChI is InChI=1S/C15H16Cl2N4O/c1-18-10-4-5-21(7-10)15-13(17)14(19-8-20-15)11-3-2-9(16)6-12(11)22/h2-3,6,8,10,18,22H,4-5,7H2,1H3/t10-/m1/s1. The molecule has 116 valence electrons. The Labute approximate surface area is 138 Å². The molecule has 1 aromatic carbocycles. The molecule has 0 amide bonds. The molecular weight excluding hydrogens is 323 g/mol. The average molecular weight is 339 g/mol. The van der Waals surface area contributed by atoms with E-state index in [1.54, 1.807) is 12.1 Å². The Morgan fingerprint density at radius 1 is 1.32 bits per heavy atom. The number of nitrogens with zero attached hydrogens (tertiary/aromatic N) is 3. The number of aromatic hydroxyl groups is 1. The highest BCUT2D eigenvalue weighted by atomic mass is 35.5. The summed E-state index contributed by atoms with van der Waals surface area (Å²) in [5.74, 6) is 0.743. The van der Waals surface area contributed by atoms with Crippen LogP contribution in [0.5, 0.6) is 5.75 Å². The van der Waals surface area contributed by atoms with Crippen molar-refractivity contribution < 1.29 is 5.11 Å². The number of benzene rings is 1. The van der Waals surface area contributed by atoms with Crippen LogP contribution in [-0.4, -0.2) is 41.3 Å².